The molecule has 0 unspecified atom stereocenters. The van der Waals surface area contributed by atoms with Crippen LogP contribution in [0.3, 0.4) is 0 Å². The van der Waals surface area contributed by atoms with Crippen molar-refractivity contribution in [1.82, 2.24) is 0 Å². The highest BCUT2D eigenvalue weighted by Gasteiger charge is 2.15. The zero-order valence-corrected chi connectivity index (χ0v) is 12.0. The Morgan fingerprint density at radius 3 is 2.50 bits per heavy atom. The molecule has 76 valence electrons. The first kappa shape index (κ1) is 12.2. The second-order valence-corrected chi connectivity index (χ2v) is 4.97. The highest BCUT2D eigenvalue weighted by atomic mass is 79.9. The molecule has 0 atom stereocenters. The van der Waals surface area contributed by atoms with Gasteiger partial charge in [-0.3, -0.25) is 0 Å². The molecule has 0 saturated heterocycles. The van der Waals surface area contributed by atoms with E-state index in [2.05, 4.69) is 47.8 Å². The van der Waals surface area contributed by atoms with Crippen LogP contribution < -0.4 is 0 Å². The van der Waals surface area contributed by atoms with Gasteiger partial charge in [0.25, 0.3) is 0 Å². The van der Waals surface area contributed by atoms with E-state index in [4.69, 9.17) is 5.11 Å². The molecule has 2 nitrogen and oxygen atoms in total. The number of carbonyl (C=O) groups is 1. The summed E-state index contributed by atoms with van der Waals surface area (Å²) >= 11 is 10.1. The first-order valence-electron chi connectivity index (χ1n) is 3.75. The lowest BCUT2D eigenvalue weighted by molar-refractivity contribution is 0.0696. The van der Waals surface area contributed by atoms with Crippen molar-refractivity contribution < 1.29 is 9.90 Å². The zero-order valence-electron chi connectivity index (χ0n) is 7.27. The maximum Gasteiger partial charge on any atom is 0.336 e. The lowest BCUT2D eigenvalue weighted by Gasteiger charge is -2.10. The number of rotatable bonds is 2. The fraction of sp³-hybridized carbons (Fsp3) is 0.222. The lowest BCUT2D eigenvalue weighted by Crippen LogP contribution is -2.02. The van der Waals surface area contributed by atoms with E-state index in [9.17, 15) is 4.79 Å². The van der Waals surface area contributed by atoms with E-state index in [0.29, 0.717) is 10.9 Å². The molecule has 0 heterocycles. The van der Waals surface area contributed by atoms with Crippen LogP contribution in [0.1, 0.15) is 21.5 Å². The Hall–Kier alpha value is 0.130. The second kappa shape index (κ2) is 4.77. The molecule has 1 aromatic carbocycles. The van der Waals surface area contributed by atoms with Gasteiger partial charge in [0.05, 0.1) is 5.56 Å². The number of hydrogen-bond acceptors (Lipinski definition) is 1. The molecule has 14 heavy (non-hydrogen) atoms. The van der Waals surface area contributed by atoms with Crippen molar-refractivity contribution in [1.29, 1.82) is 0 Å². The van der Waals surface area contributed by atoms with Crippen molar-refractivity contribution >= 4 is 53.8 Å². The predicted octanol–water partition coefficient (Wildman–Crippen LogP) is 4.11. The molecule has 0 saturated carbocycles. The Morgan fingerprint density at radius 2 is 2.07 bits per heavy atom. The minimum absolute atomic E-state index is 0.313. The maximum atomic E-state index is 10.9. The topological polar surface area (TPSA) is 37.3 Å². The molecule has 0 fully saturated rings. The van der Waals surface area contributed by atoms with Gasteiger partial charge < -0.3 is 5.11 Å². The SMILES string of the molecule is Cc1c(C(=O)O)cc(Br)c(CBr)c1Br. The number of aromatic carboxylic acids is 1. The van der Waals surface area contributed by atoms with Gasteiger partial charge in [-0.2, -0.15) is 0 Å². The highest BCUT2D eigenvalue weighted by Crippen LogP contribution is 2.32. The van der Waals surface area contributed by atoms with E-state index in [1.165, 1.54) is 0 Å². The summed E-state index contributed by atoms with van der Waals surface area (Å²) in [7, 11) is 0. The summed E-state index contributed by atoms with van der Waals surface area (Å²) in [5, 5.41) is 9.60. The molecule has 1 rings (SSSR count). The molecule has 0 spiro atoms. The van der Waals surface area contributed by atoms with Crippen LogP contribution in [-0.4, -0.2) is 11.1 Å². The normalized spacial score (nSPS) is 10.3. The quantitative estimate of drug-likeness (QED) is 0.776. The third-order valence-electron chi connectivity index (χ3n) is 1.92. The average Bonchev–Trinajstić information content (AvgIpc) is 2.12. The summed E-state index contributed by atoms with van der Waals surface area (Å²) in [4.78, 5) is 10.9. The minimum Gasteiger partial charge on any atom is -0.478 e. The van der Waals surface area contributed by atoms with Crippen molar-refractivity contribution in [2.24, 2.45) is 0 Å². The summed E-state index contributed by atoms with van der Waals surface area (Å²) in [6.45, 7) is 1.78. The maximum absolute atomic E-state index is 10.9. The number of hydrogen-bond donors (Lipinski definition) is 1. The van der Waals surface area contributed by atoms with Crippen LogP contribution in [0.15, 0.2) is 15.0 Å². The third-order valence-corrected chi connectivity index (χ3v) is 4.26. The van der Waals surface area contributed by atoms with Gasteiger partial charge in [-0.15, -0.1) is 0 Å². The number of carboxylic acids is 1. The molecule has 0 radical (unpaired) electrons. The standard InChI is InChI=1S/C9H7Br3O2/c1-4-5(9(13)14)2-7(11)6(3-10)8(4)12/h2H,3H2,1H3,(H,13,14). The molecular formula is C9H7Br3O2. The van der Waals surface area contributed by atoms with E-state index in [-0.39, 0.29) is 0 Å². The number of halogens is 3. The fourth-order valence-electron chi connectivity index (χ4n) is 1.12. The van der Waals surface area contributed by atoms with E-state index in [1.807, 2.05) is 0 Å². The summed E-state index contributed by atoms with van der Waals surface area (Å²) in [5.74, 6) is -0.912. The van der Waals surface area contributed by atoms with Gasteiger partial charge in [-0.25, -0.2) is 4.79 Å². The van der Waals surface area contributed by atoms with Crippen LogP contribution >= 0.6 is 47.8 Å². The van der Waals surface area contributed by atoms with Gasteiger partial charge in [-0.05, 0) is 24.1 Å². The van der Waals surface area contributed by atoms with Crippen molar-refractivity contribution in [2.75, 3.05) is 0 Å². The number of carboxylic acid groups (broad SMARTS) is 1. The first-order valence-corrected chi connectivity index (χ1v) is 6.46. The van der Waals surface area contributed by atoms with E-state index in [0.717, 1.165) is 20.1 Å². The Morgan fingerprint density at radius 1 is 1.50 bits per heavy atom. The summed E-state index contributed by atoms with van der Waals surface area (Å²) < 4.78 is 1.63. The van der Waals surface area contributed by atoms with Crippen molar-refractivity contribution in [3.05, 3.63) is 31.7 Å². The third kappa shape index (κ3) is 2.20. The van der Waals surface area contributed by atoms with Crippen molar-refractivity contribution in [3.8, 4) is 0 Å². The van der Waals surface area contributed by atoms with Crippen LogP contribution in [0.4, 0.5) is 0 Å². The Kier molecular flexibility index (Phi) is 4.15. The Balaban J connectivity index is 3.47. The molecule has 0 bridgehead atoms. The molecule has 0 amide bonds. The zero-order chi connectivity index (χ0) is 10.9. The summed E-state index contributed by atoms with van der Waals surface area (Å²) in [6, 6.07) is 1.62. The largest absolute Gasteiger partial charge is 0.478 e. The van der Waals surface area contributed by atoms with Crippen LogP contribution in [-0.2, 0) is 5.33 Å². The smallest absolute Gasteiger partial charge is 0.336 e. The van der Waals surface area contributed by atoms with Crippen molar-refractivity contribution in [3.63, 3.8) is 0 Å². The average molecular weight is 387 g/mol. The van der Waals surface area contributed by atoms with Crippen LogP contribution in [0.2, 0.25) is 0 Å². The van der Waals surface area contributed by atoms with Crippen LogP contribution in [0, 0.1) is 6.92 Å². The predicted molar refractivity (Wildman–Crippen MR) is 66.2 cm³/mol. The van der Waals surface area contributed by atoms with E-state index >= 15 is 0 Å². The Labute approximate surface area is 107 Å². The van der Waals surface area contributed by atoms with Gasteiger partial charge in [0.1, 0.15) is 0 Å². The van der Waals surface area contributed by atoms with Gasteiger partial charge in [0.15, 0.2) is 0 Å². The molecule has 5 heteroatoms. The highest BCUT2D eigenvalue weighted by molar-refractivity contribution is 9.11. The summed E-state index contributed by atoms with van der Waals surface area (Å²) in [5.41, 5.74) is 2.08. The monoisotopic (exact) mass is 384 g/mol. The van der Waals surface area contributed by atoms with Gasteiger partial charge in [-0.1, -0.05) is 47.8 Å². The number of alkyl halides is 1. The molecule has 1 aromatic rings. The van der Waals surface area contributed by atoms with E-state index < -0.39 is 5.97 Å². The first-order chi connectivity index (χ1) is 6.49. The lowest BCUT2D eigenvalue weighted by atomic mass is 10.1. The molecule has 0 aromatic heterocycles. The van der Waals surface area contributed by atoms with Gasteiger partial charge >= 0.3 is 5.97 Å². The molecule has 0 aliphatic heterocycles. The summed E-state index contributed by atoms with van der Waals surface area (Å²) in [6.07, 6.45) is 0. The molecule has 0 aliphatic rings. The van der Waals surface area contributed by atoms with E-state index in [1.54, 1.807) is 13.0 Å². The van der Waals surface area contributed by atoms with Crippen molar-refractivity contribution in [2.45, 2.75) is 12.3 Å². The molecular weight excluding hydrogens is 380 g/mol. The Bertz CT molecular complexity index is 388. The minimum atomic E-state index is -0.912. The van der Waals surface area contributed by atoms with Gasteiger partial charge in [0, 0.05) is 14.3 Å². The van der Waals surface area contributed by atoms with Crippen LogP contribution in [0.25, 0.3) is 0 Å². The fourth-order valence-corrected chi connectivity index (χ4v) is 3.85. The second-order valence-electron chi connectivity index (χ2n) is 2.76. The molecule has 1 N–H and O–H groups in total. The molecule has 0 aliphatic carbocycles. The van der Waals surface area contributed by atoms with Gasteiger partial charge in [0.2, 0.25) is 0 Å². The number of benzene rings is 1. The van der Waals surface area contributed by atoms with Crippen LogP contribution in [0.5, 0.6) is 0 Å².